The van der Waals surface area contributed by atoms with Gasteiger partial charge in [-0.2, -0.15) is 4.98 Å². The number of aromatic nitrogens is 2. The summed E-state index contributed by atoms with van der Waals surface area (Å²) in [5.74, 6) is 1.45. The van der Waals surface area contributed by atoms with Crippen LogP contribution in [-0.2, 0) is 10.5 Å². The van der Waals surface area contributed by atoms with Crippen LogP contribution in [0.5, 0.6) is 0 Å². The van der Waals surface area contributed by atoms with Crippen molar-refractivity contribution in [1.82, 2.24) is 10.1 Å². The first-order chi connectivity index (χ1) is 10.2. The highest BCUT2D eigenvalue weighted by Gasteiger charge is 2.30. The summed E-state index contributed by atoms with van der Waals surface area (Å²) in [7, 11) is 0. The lowest BCUT2D eigenvalue weighted by Crippen LogP contribution is -2.30. The van der Waals surface area contributed by atoms with Crippen molar-refractivity contribution < 1.29 is 14.4 Å². The summed E-state index contributed by atoms with van der Waals surface area (Å²) in [6.45, 7) is 0.998. The second kappa shape index (κ2) is 6.79. The van der Waals surface area contributed by atoms with Crippen LogP contribution in [0.15, 0.2) is 33.7 Å². The van der Waals surface area contributed by atoms with Crippen molar-refractivity contribution in [2.24, 2.45) is 0 Å². The van der Waals surface area contributed by atoms with Gasteiger partial charge in [-0.05, 0) is 30.7 Å². The van der Waals surface area contributed by atoms with Crippen LogP contribution in [0.25, 0.3) is 0 Å². The third-order valence-corrected chi connectivity index (χ3v) is 4.56. The minimum absolute atomic E-state index is 0.222. The van der Waals surface area contributed by atoms with E-state index >= 15 is 0 Å². The smallest absolute Gasteiger partial charge is 0.234 e. The molecule has 3 rings (SSSR count). The highest BCUT2D eigenvalue weighted by Crippen LogP contribution is 2.27. The minimum Gasteiger partial charge on any atom is -0.392 e. The maximum atomic E-state index is 9.94. The first kappa shape index (κ1) is 14.8. The lowest BCUT2D eigenvalue weighted by Gasteiger charge is -2.24. The molecule has 0 amide bonds. The Morgan fingerprint density at radius 2 is 2.14 bits per heavy atom. The number of ether oxygens (including phenoxy) is 1. The van der Waals surface area contributed by atoms with Crippen molar-refractivity contribution >= 4 is 23.4 Å². The van der Waals surface area contributed by atoms with Gasteiger partial charge in [0.05, 0.1) is 24.4 Å². The molecular weight excluding hydrogens is 312 g/mol. The summed E-state index contributed by atoms with van der Waals surface area (Å²) in [5, 5.41) is 14.6. The Balaban J connectivity index is 1.61. The van der Waals surface area contributed by atoms with Crippen molar-refractivity contribution in [1.29, 1.82) is 0 Å². The van der Waals surface area contributed by atoms with Crippen molar-refractivity contribution in [3.63, 3.8) is 0 Å². The van der Waals surface area contributed by atoms with Crippen molar-refractivity contribution in [2.45, 2.75) is 29.1 Å². The van der Waals surface area contributed by atoms with Crippen LogP contribution in [0.2, 0.25) is 5.02 Å². The van der Waals surface area contributed by atoms with Gasteiger partial charge in [-0.1, -0.05) is 16.8 Å². The van der Waals surface area contributed by atoms with Gasteiger partial charge in [0.2, 0.25) is 5.89 Å². The van der Waals surface area contributed by atoms with Gasteiger partial charge >= 0.3 is 0 Å². The molecule has 5 nitrogen and oxygen atoms in total. The molecule has 21 heavy (non-hydrogen) atoms. The molecule has 0 saturated carbocycles. The lowest BCUT2D eigenvalue weighted by molar-refractivity contribution is -0.0149. The summed E-state index contributed by atoms with van der Waals surface area (Å²) >= 11 is 7.45. The predicted molar refractivity (Wildman–Crippen MR) is 79.5 cm³/mol. The molecule has 0 aliphatic carbocycles. The maximum absolute atomic E-state index is 9.94. The van der Waals surface area contributed by atoms with Gasteiger partial charge in [-0.3, -0.25) is 0 Å². The van der Waals surface area contributed by atoms with E-state index in [2.05, 4.69) is 10.1 Å². The average molecular weight is 327 g/mol. The Morgan fingerprint density at radius 3 is 2.90 bits per heavy atom. The predicted octanol–water partition coefficient (Wildman–Crippen LogP) is 2.88. The van der Waals surface area contributed by atoms with E-state index < -0.39 is 6.10 Å². The summed E-state index contributed by atoms with van der Waals surface area (Å²) in [6, 6.07) is 7.60. The molecule has 1 N–H and O–H groups in total. The van der Waals surface area contributed by atoms with Crippen LogP contribution >= 0.6 is 23.4 Å². The van der Waals surface area contributed by atoms with E-state index in [1.54, 1.807) is 11.8 Å². The summed E-state index contributed by atoms with van der Waals surface area (Å²) in [5.41, 5.74) is 0. The Kier molecular flexibility index (Phi) is 4.80. The second-order valence-corrected chi connectivity index (χ2v) is 6.31. The van der Waals surface area contributed by atoms with Crippen LogP contribution in [0, 0.1) is 0 Å². The van der Waals surface area contributed by atoms with Gasteiger partial charge in [0.25, 0.3) is 0 Å². The number of hydrogen-bond donors (Lipinski definition) is 1. The molecule has 0 radical (unpaired) electrons. The van der Waals surface area contributed by atoms with Crippen molar-refractivity contribution in [2.75, 3.05) is 13.2 Å². The van der Waals surface area contributed by atoms with Gasteiger partial charge in [0.15, 0.2) is 5.82 Å². The number of nitrogens with zero attached hydrogens (tertiary/aromatic N) is 2. The lowest BCUT2D eigenvalue weighted by atomic mass is 9.99. The van der Waals surface area contributed by atoms with Crippen LogP contribution in [0.1, 0.15) is 24.1 Å². The van der Waals surface area contributed by atoms with Crippen LogP contribution in [-0.4, -0.2) is 34.6 Å². The molecule has 1 saturated heterocycles. The quantitative estimate of drug-likeness (QED) is 0.871. The first-order valence-corrected chi connectivity index (χ1v) is 8.05. The number of aliphatic hydroxyl groups excluding tert-OH is 1. The zero-order valence-electron chi connectivity index (χ0n) is 11.2. The zero-order valence-corrected chi connectivity index (χ0v) is 12.8. The molecule has 1 aliphatic heterocycles. The summed E-state index contributed by atoms with van der Waals surface area (Å²) in [6.07, 6.45) is 0.123. The Hall–Kier alpha value is -1.08. The maximum Gasteiger partial charge on any atom is 0.234 e. The van der Waals surface area contributed by atoms with E-state index in [9.17, 15) is 5.11 Å². The van der Waals surface area contributed by atoms with Gasteiger partial charge in [0, 0.05) is 16.5 Å². The third kappa shape index (κ3) is 3.77. The third-order valence-electron chi connectivity index (χ3n) is 3.30. The fourth-order valence-electron chi connectivity index (χ4n) is 2.12. The monoisotopic (exact) mass is 326 g/mol. The van der Waals surface area contributed by atoms with Crippen LogP contribution in [0.3, 0.4) is 0 Å². The highest BCUT2D eigenvalue weighted by atomic mass is 35.5. The molecule has 1 aromatic carbocycles. The van der Waals surface area contributed by atoms with Crippen molar-refractivity contribution in [3.05, 3.63) is 41.0 Å². The standard InChI is InChI=1S/C14H15ClN2O3S/c15-9-1-3-10(4-2-9)21-8-13-16-14(20-17-13)11-7-19-6-5-12(11)18/h1-4,11-12,18H,5-8H2. The van der Waals surface area contributed by atoms with Gasteiger partial charge < -0.3 is 14.4 Å². The normalized spacial score (nSPS) is 22.4. The SMILES string of the molecule is OC1CCOCC1c1nc(CSc2ccc(Cl)cc2)no1. The Morgan fingerprint density at radius 1 is 1.33 bits per heavy atom. The molecular formula is C14H15ClN2O3S. The van der Waals surface area contributed by atoms with E-state index in [0.717, 1.165) is 4.90 Å². The molecule has 2 aromatic rings. The van der Waals surface area contributed by atoms with Gasteiger partial charge in [0.1, 0.15) is 0 Å². The fraction of sp³-hybridized carbons (Fsp3) is 0.429. The largest absolute Gasteiger partial charge is 0.392 e. The summed E-state index contributed by atoms with van der Waals surface area (Å²) < 4.78 is 10.6. The highest BCUT2D eigenvalue weighted by molar-refractivity contribution is 7.98. The number of rotatable bonds is 4. The molecule has 1 aromatic heterocycles. The molecule has 2 unspecified atom stereocenters. The number of halogens is 1. The van der Waals surface area contributed by atoms with Crippen LogP contribution < -0.4 is 0 Å². The molecule has 2 atom stereocenters. The van der Waals surface area contributed by atoms with Gasteiger partial charge in [-0.25, -0.2) is 0 Å². The molecule has 112 valence electrons. The van der Waals surface area contributed by atoms with Crippen LogP contribution in [0.4, 0.5) is 0 Å². The average Bonchev–Trinajstić information content (AvgIpc) is 2.96. The molecule has 0 bridgehead atoms. The minimum atomic E-state index is -0.476. The summed E-state index contributed by atoms with van der Waals surface area (Å²) in [4.78, 5) is 5.44. The van der Waals surface area contributed by atoms with E-state index in [4.69, 9.17) is 20.9 Å². The number of aliphatic hydroxyl groups is 1. The van der Waals surface area contributed by atoms with E-state index in [1.807, 2.05) is 24.3 Å². The number of benzene rings is 1. The van der Waals surface area contributed by atoms with Crippen molar-refractivity contribution in [3.8, 4) is 0 Å². The number of thioether (sulfide) groups is 1. The molecule has 1 fully saturated rings. The Bertz CT molecular complexity index is 590. The zero-order chi connectivity index (χ0) is 14.7. The first-order valence-electron chi connectivity index (χ1n) is 6.69. The molecule has 2 heterocycles. The van der Waals surface area contributed by atoms with E-state index in [1.165, 1.54) is 0 Å². The second-order valence-electron chi connectivity index (χ2n) is 4.83. The van der Waals surface area contributed by atoms with Gasteiger partial charge in [-0.15, -0.1) is 11.8 Å². The van der Waals surface area contributed by atoms with E-state index in [-0.39, 0.29) is 5.92 Å². The molecule has 1 aliphatic rings. The Labute approximate surface area is 131 Å². The fourth-order valence-corrected chi connectivity index (χ4v) is 2.99. The molecule has 0 spiro atoms. The molecule has 7 heteroatoms. The number of hydrogen-bond acceptors (Lipinski definition) is 6. The van der Waals surface area contributed by atoms with E-state index in [0.29, 0.717) is 42.1 Å². The topological polar surface area (TPSA) is 68.4 Å².